The summed E-state index contributed by atoms with van der Waals surface area (Å²) in [6, 6.07) is -1.14. The molecule has 428 valence electrons. The van der Waals surface area contributed by atoms with Crippen molar-refractivity contribution < 1.29 is 87.3 Å². The number of aliphatic hydroxyl groups is 5. The van der Waals surface area contributed by atoms with Gasteiger partial charge < -0.3 is 78.2 Å². The summed E-state index contributed by atoms with van der Waals surface area (Å²) in [7, 11) is 2.59. The summed E-state index contributed by atoms with van der Waals surface area (Å²) in [5.41, 5.74) is 0. The van der Waals surface area contributed by atoms with Gasteiger partial charge in [0.2, 0.25) is 5.91 Å². The average molecular weight is 1070 g/mol. The lowest BCUT2D eigenvalue weighted by Gasteiger charge is -2.47. The van der Waals surface area contributed by atoms with Crippen molar-refractivity contribution >= 4 is 17.8 Å². The number of carbonyl (C=O) groups is 3. The molecule has 4 saturated heterocycles. The Balaban J connectivity index is 1.44. The highest BCUT2D eigenvalue weighted by Gasteiger charge is 2.53. The van der Waals surface area contributed by atoms with Gasteiger partial charge in [0.05, 0.1) is 80.6 Å². The zero-order chi connectivity index (χ0) is 56.0. The molecule has 0 unspecified atom stereocenters. The van der Waals surface area contributed by atoms with Crippen LogP contribution in [0.4, 0.5) is 0 Å². The molecule has 0 aromatic rings. The first kappa shape index (κ1) is 62.9. The van der Waals surface area contributed by atoms with Gasteiger partial charge in [0.1, 0.15) is 24.2 Å². The van der Waals surface area contributed by atoms with E-state index in [-0.39, 0.29) is 50.0 Å². The lowest BCUT2D eigenvalue weighted by Crippen LogP contribution is -2.64. The van der Waals surface area contributed by atoms with Crippen LogP contribution in [0.3, 0.4) is 0 Å². The van der Waals surface area contributed by atoms with Gasteiger partial charge >= 0.3 is 11.9 Å². The molecule has 4 fully saturated rings. The molecule has 5 aliphatic rings. The van der Waals surface area contributed by atoms with Gasteiger partial charge in [0, 0.05) is 58.0 Å². The van der Waals surface area contributed by atoms with E-state index in [0.29, 0.717) is 19.3 Å². The van der Waals surface area contributed by atoms with Crippen LogP contribution < -0.4 is 5.32 Å². The Bertz CT molecular complexity index is 2080. The lowest BCUT2D eigenvalue weighted by atomic mass is 9.82. The summed E-state index contributed by atoms with van der Waals surface area (Å²) < 4.78 is 61.4. The molecule has 19 nitrogen and oxygen atoms in total. The monoisotopic (exact) mass is 1070 g/mol. The molecule has 19 atom stereocenters. The third-order valence-corrected chi connectivity index (χ3v) is 14.6. The molecule has 19 heteroatoms. The van der Waals surface area contributed by atoms with Crippen LogP contribution in [0.25, 0.3) is 0 Å². The zero-order valence-corrected chi connectivity index (χ0v) is 46.2. The Hall–Kier alpha value is -3.93. The molecular weight excluding hydrogens is 987 g/mol. The smallest absolute Gasteiger partial charge is 0.313 e. The number of esters is 2. The van der Waals surface area contributed by atoms with Crippen molar-refractivity contribution in [3.63, 3.8) is 0 Å². The quantitative estimate of drug-likeness (QED) is 0.193. The van der Waals surface area contributed by atoms with Crippen LogP contribution in [-0.2, 0) is 61.8 Å². The van der Waals surface area contributed by atoms with E-state index in [2.05, 4.69) is 5.32 Å². The third kappa shape index (κ3) is 18.6. The van der Waals surface area contributed by atoms with E-state index in [1.54, 1.807) is 71.9 Å². The van der Waals surface area contributed by atoms with E-state index < -0.39 is 127 Å². The Labute approximate surface area is 448 Å². The van der Waals surface area contributed by atoms with Crippen molar-refractivity contribution in [1.29, 1.82) is 0 Å². The first-order valence-corrected chi connectivity index (χ1v) is 26.7. The number of nitrogens with one attached hydrogen (secondary N) is 1. The number of methoxy groups -OCH3 is 2. The SMILES string of the molecule is COC(=O)[C@H]1[C@@H]2C[C@@H](O[C@@H]3O[C@H](C)[C@@H](O)[C@H](NC(C)=O)[C@@H]3O)/C=C/C=C/C=C/C=C/C=C/C=C/C=C/[C@H](C)[C@@H](O)[C@@H](C)[C@H](C)OC(=O)C[C@H]3C[C@@H](CC[C@H]4OC(C)(C)O[C@@H]4C[C@H](O)C[C@](OC)(C[C@@H]1O)O2)OC(C)(C)O3. The summed E-state index contributed by atoms with van der Waals surface area (Å²) in [6.45, 7) is 15.6. The molecule has 1 amide bonds. The molecule has 0 aromatic heterocycles. The van der Waals surface area contributed by atoms with Gasteiger partial charge in [0.25, 0.3) is 0 Å². The largest absolute Gasteiger partial charge is 0.469 e. The molecule has 6 N–H and O–H groups in total. The third-order valence-electron chi connectivity index (χ3n) is 14.6. The molecule has 5 heterocycles. The Kier molecular flexibility index (Phi) is 23.8. The van der Waals surface area contributed by atoms with E-state index in [1.807, 2.05) is 68.5 Å². The minimum Gasteiger partial charge on any atom is -0.469 e. The minimum absolute atomic E-state index is 0.00996. The van der Waals surface area contributed by atoms with E-state index >= 15 is 0 Å². The number of ether oxygens (including phenoxy) is 10. The minimum atomic E-state index is -1.63. The van der Waals surface area contributed by atoms with Crippen molar-refractivity contribution in [2.24, 2.45) is 17.8 Å². The second-order valence-corrected chi connectivity index (χ2v) is 21.7. The number of hydrogen-bond donors (Lipinski definition) is 6. The maximum Gasteiger partial charge on any atom is 0.313 e. The number of cyclic esters (lactones) is 1. The van der Waals surface area contributed by atoms with Crippen LogP contribution in [0.2, 0.25) is 0 Å². The second-order valence-electron chi connectivity index (χ2n) is 21.7. The van der Waals surface area contributed by atoms with Gasteiger partial charge in [0.15, 0.2) is 23.7 Å². The molecule has 5 rings (SSSR count). The van der Waals surface area contributed by atoms with Gasteiger partial charge in [-0.2, -0.15) is 0 Å². The number of fused-ring (bicyclic) bond motifs is 5. The summed E-state index contributed by atoms with van der Waals surface area (Å²) in [6.07, 6.45) is 13.4. The van der Waals surface area contributed by atoms with Crippen LogP contribution in [0.15, 0.2) is 85.1 Å². The number of allylic oxidation sites excluding steroid dienone is 12. The molecule has 5 aliphatic heterocycles. The maximum absolute atomic E-state index is 13.5. The van der Waals surface area contributed by atoms with Gasteiger partial charge in [-0.3, -0.25) is 14.4 Å². The fourth-order valence-electron chi connectivity index (χ4n) is 10.6. The van der Waals surface area contributed by atoms with Crippen molar-refractivity contribution in [1.82, 2.24) is 5.32 Å². The van der Waals surface area contributed by atoms with Crippen molar-refractivity contribution in [3.05, 3.63) is 85.1 Å². The van der Waals surface area contributed by atoms with Gasteiger partial charge in [-0.1, -0.05) is 98.9 Å². The fraction of sp³-hybridized carbons (Fsp3) is 0.702. The molecule has 4 bridgehead atoms. The molecule has 0 spiro atoms. The summed E-state index contributed by atoms with van der Waals surface area (Å²) in [5, 5.41) is 59.7. The fourth-order valence-corrected chi connectivity index (χ4v) is 10.6. The molecule has 0 aromatic carbocycles. The summed E-state index contributed by atoms with van der Waals surface area (Å²) in [5.74, 6) is -7.14. The van der Waals surface area contributed by atoms with E-state index in [1.165, 1.54) is 21.1 Å². The molecule has 0 aliphatic carbocycles. The first-order chi connectivity index (χ1) is 35.8. The number of carbonyl (C=O) groups excluding carboxylic acids is 3. The number of hydrogen-bond acceptors (Lipinski definition) is 18. The highest BCUT2D eigenvalue weighted by atomic mass is 16.8. The van der Waals surface area contributed by atoms with Gasteiger partial charge in [-0.25, -0.2) is 0 Å². The molecule has 0 radical (unpaired) electrons. The molecule has 0 saturated carbocycles. The molecule has 76 heavy (non-hydrogen) atoms. The van der Waals surface area contributed by atoms with Crippen molar-refractivity contribution in [3.8, 4) is 0 Å². The van der Waals surface area contributed by atoms with Crippen LogP contribution in [0.1, 0.15) is 114 Å². The Morgan fingerprint density at radius 3 is 1.83 bits per heavy atom. The van der Waals surface area contributed by atoms with Crippen LogP contribution >= 0.6 is 0 Å². The normalized spacial score (nSPS) is 43.3. The van der Waals surface area contributed by atoms with E-state index in [4.69, 9.17) is 47.4 Å². The second kappa shape index (κ2) is 28.8. The Morgan fingerprint density at radius 2 is 1.22 bits per heavy atom. The van der Waals surface area contributed by atoms with Gasteiger partial charge in [-0.15, -0.1) is 0 Å². The molecular formula is C57H87NO18. The van der Waals surface area contributed by atoms with Crippen LogP contribution in [0.5, 0.6) is 0 Å². The van der Waals surface area contributed by atoms with Gasteiger partial charge in [-0.05, 0) is 54.4 Å². The highest BCUT2D eigenvalue weighted by molar-refractivity contribution is 5.74. The average Bonchev–Trinajstić information content (AvgIpc) is 3.63. The topological polar surface area (TPSA) is 257 Å². The van der Waals surface area contributed by atoms with E-state index in [0.717, 1.165) is 0 Å². The summed E-state index contributed by atoms with van der Waals surface area (Å²) in [4.78, 5) is 39.0. The number of aliphatic hydroxyl groups excluding tert-OH is 5. The van der Waals surface area contributed by atoms with Crippen LogP contribution in [0, 0.1) is 17.8 Å². The maximum atomic E-state index is 13.5. The first-order valence-electron chi connectivity index (χ1n) is 26.7. The lowest BCUT2D eigenvalue weighted by molar-refractivity contribution is -0.317. The Morgan fingerprint density at radius 1 is 0.645 bits per heavy atom. The van der Waals surface area contributed by atoms with E-state index in [9.17, 15) is 39.9 Å². The van der Waals surface area contributed by atoms with Crippen molar-refractivity contribution in [2.75, 3.05) is 14.2 Å². The predicted octanol–water partition coefficient (Wildman–Crippen LogP) is 5.23. The van der Waals surface area contributed by atoms with Crippen LogP contribution in [-0.4, -0.2) is 167 Å². The predicted molar refractivity (Wildman–Crippen MR) is 279 cm³/mol. The zero-order valence-electron chi connectivity index (χ0n) is 46.2. The summed E-state index contributed by atoms with van der Waals surface area (Å²) >= 11 is 0. The standard InChI is InChI=1S/C57H87NO18/c1-34-24-22-20-18-16-14-12-13-15-17-19-21-23-25-40(71-54-52(65)49(58-38(5)59)51(64)37(4)70-54)30-46-48(53(66)67-10)43(61)33-57(68-11,76-46)32-39(60)28-45-44(74-56(8,9)75-45)27-26-41-29-42(73-55(6,7)72-41)31-47(62)69-36(3)35(2)50(34)63/h12-25,34-37,39-46,48-52,54,60-61,63-65H,26-33H2,1-11H3,(H,58,59)/b13-12+,16-14+,17-15+,20-18+,21-19+,24-22+,25-23+/t34-,35-,36-,37+,39-,40-,41+,42+,43-,44+,45+,46-,48+,49-,50+,51+,52-,54-,57+/m0/s1. The number of rotatable bonds is 5. The number of amides is 1. The highest BCUT2D eigenvalue weighted by Crippen LogP contribution is 2.42. The van der Waals surface area contributed by atoms with Crippen molar-refractivity contribution in [2.45, 2.75) is 223 Å².